The van der Waals surface area contributed by atoms with Gasteiger partial charge in [-0.15, -0.1) is 0 Å². The van der Waals surface area contributed by atoms with Gasteiger partial charge in [-0.3, -0.25) is 9.69 Å². The lowest BCUT2D eigenvalue weighted by Crippen LogP contribution is -2.61. The van der Waals surface area contributed by atoms with Gasteiger partial charge in [-0.25, -0.2) is 0 Å². The monoisotopic (exact) mass is 211 g/mol. The number of hydrogen-bond acceptors (Lipinski definition) is 3. The van der Waals surface area contributed by atoms with E-state index >= 15 is 0 Å². The summed E-state index contributed by atoms with van der Waals surface area (Å²) in [4.78, 5) is 14.1. The zero-order valence-corrected chi connectivity index (χ0v) is 9.46. The first kappa shape index (κ1) is 10.9. The maximum Gasteiger partial charge on any atom is 0.239 e. The number of hydrogen-bond donors (Lipinski definition) is 2. The van der Waals surface area contributed by atoms with Crippen molar-refractivity contribution in [2.75, 3.05) is 19.6 Å². The molecule has 2 atom stereocenters. The third-order valence-corrected chi connectivity index (χ3v) is 3.86. The second-order valence-electron chi connectivity index (χ2n) is 4.71. The summed E-state index contributed by atoms with van der Waals surface area (Å²) in [7, 11) is 0. The molecule has 4 nitrogen and oxygen atoms in total. The lowest BCUT2D eigenvalue weighted by Gasteiger charge is -2.33. The standard InChI is InChI=1S/C11H21N3O/c1-2-6-13-11(10(12)15)5-8-14-7-3-4-9(11)14/h9,13H,2-8H2,1H3,(H2,12,15). The highest BCUT2D eigenvalue weighted by Crippen LogP contribution is 2.35. The molecule has 0 spiro atoms. The van der Waals surface area contributed by atoms with Crippen molar-refractivity contribution in [3.05, 3.63) is 0 Å². The highest BCUT2D eigenvalue weighted by molar-refractivity contribution is 5.86. The van der Waals surface area contributed by atoms with E-state index in [-0.39, 0.29) is 5.91 Å². The van der Waals surface area contributed by atoms with Crippen molar-refractivity contribution in [2.45, 2.75) is 44.2 Å². The molecule has 0 aromatic carbocycles. The third kappa shape index (κ3) is 1.66. The van der Waals surface area contributed by atoms with Crippen molar-refractivity contribution in [3.63, 3.8) is 0 Å². The normalized spacial score (nSPS) is 35.7. The Kier molecular flexibility index (Phi) is 2.98. The Balaban J connectivity index is 2.15. The zero-order chi connectivity index (χ0) is 10.9. The summed E-state index contributed by atoms with van der Waals surface area (Å²) >= 11 is 0. The van der Waals surface area contributed by atoms with Crippen LogP contribution in [0.5, 0.6) is 0 Å². The van der Waals surface area contributed by atoms with Gasteiger partial charge in [-0.2, -0.15) is 0 Å². The summed E-state index contributed by atoms with van der Waals surface area (Å²) in [6, 6.07) is 0.349. The molecule has 1 amide bonds. The summed E-state index contributed by atoms with van der Waals surface area (Å²) in [5.41, 5.74) is 5.16. The van der Waals surface area contributed by atoms with Gasteiger partial charge < -0.3 is 11.1 Å². The number of nitrogens with zero attached hydrogens (tertiary/aromatic N) is 1. The molecule has 0 bridgehead atoms. The van der Waals surface area contributed by atoms with Crippen molar-refractivity contribution >= 4 is 5.91 Å². The molecule has 3 N–H and O–H groups in total. The molecule has 0 saturated carbocycles. The molecule has 2 saturated heterocycles. The fourth-order valence-electron chi connectivity index (χ4n) is 3.07. The van der Waals surface area contributed by atoms with Gasteiger partial charge in [0.05, 0.1) is 0 Å². The van der Waals surface area contributed by atoms with E-state index < -0.39 is 5.54 Å². The van der Waals surface area contributed by atoms with Crippen molar-refractivity contribution in [1.29, 1.82) is 0 Å². The van der Waals surface area contributed by atoms with Crippen LogP contribution in [0.3, 0.4) is 0 Å². The Morgan fingerprint density at radius 1 is 1.60 bits per heavy atom. The van der Waals surface area contributed by atoms with E-state index in [0.717, 1.165) is 38.9 Å². The van der Waals surface area contributed by atoms with Gasteiger partial charge >= 0.3 is 0 Å². The van der Waals surface area contributed by atoms with Crippen molar-refractivity contribution in [3.8, 4) is 0 Å². The third-order valence-electron chi connectivity index (χ3n) is 3.86. The number of amides is 1. The van der Waals surface area contributed by atoms with Crippen molar-refractivity contribution < 1.29 is 4.79 Å². The summed E-state index contributed by atoms with van der Waals surface area (Å²) in [5, 5.41) is 3.40. The average molecular weight is 211 g/mol. The maximum absolute atomic E-state index is 11.7. The number of carbonyl (C=O) groups excluding carboxylic acids is 1. The molecule has 0 radical (unpaired) electrons. The Hall–Kier alpha value is -0.610. The molecule has 2 fully saturated rings. The van der Waals surface area contributed by atoms with Crippen molar-refractivity contribution in [1.82, 2.24) is 10.2 Å². The molecular weight excluding hydrogens is 190 g/mol. The average Bonchev–Trinajstić information content (AvgIpc) is 2.76. The number of rotatable bonds is 4. The SMILES string of the molecule is CCCNC1(C(N)=O)CCN2CCCC21. The quantitative estimate of drug-likeness (QED) is 0.692. The van der Waals surface area contributed by atoms with Crippen LogP contribution in [0.1, 0.15) is 32.6 Å². The first-order valence-corrected chi connectivity index (χ1v) is 5.99. The van der Waals surface area contributed by atoms with Crippen LogP contribution in [-0.4, -0.2) is 42.0 Å². The van der Waals surface area contributed by atoms with Crippen molar-refractivity contribution in [2.24, 2.45) is 5.73 Å². The van der Waals surface area contributed by atoms with Gasteiger partial charge in [-0.05, 0) is 38.8 Å². The molecule has 2 unspecified atom stereocenters. The van der Waals surface area contributed by atoms with Crippen LogP contribution in [-0.2, 0) is 4.79 Å². The Morgan fingerprint density at radius 3 is 3.07 bits per heavy atom. The van der Waals surface area contributed by atoms with Gasteiger partial charge in [0, 0.05) is 12.6 Å². The molecule has 0 aromatic heterocycles. The Labute approximate surface area is 91.2 Å². The highest BCUT2D eigenvalue weighted by Gasteiger charge is 2.52. The van der Waals surface area contributed by atoms with E-state index in [1.54, 1.807) is 0 Å². The molecule has 2 rings (SSSR count). The molecular formula is C11H21N3O. The van der Waals surface area contributed by atoms with Crippen LogP contribution < -0.4 is 11.1 Å². The number of fused-ring (bicyclic) bond motifs is 1. The number of primary amides is 1. The molecule has 2 aliphatic heterocycles. The molecule has 2 aliphatic rings. The minimum atomic E-state index is -0.438. The molecule has 4 heteroatoms. The van der Waals surface area contributed by atoms with Crippen LogP contribution in [0.4, 0.5) is 0 Å². The minimum absolute atomic E-state index is 0.162. The van der Waals surface area contributed by atoms with E-state index in [9.17, 15) is 4.79 Å². The van der Waals surface area contributed by atoms with E-state index in [0.29, 0.717) is 6.04 Å². The second-order valence-corrected chi connectivity index (χ2v) is 4.71. The predicted octanol–water partition coefficient (Wildman–Crippen LogP) is 0.0782. The first-order valence-electron chi connectivity index (χ1n) is 5.99. The van der Waals surface area contributed by atoms with Gasteiger partial charge in [0.1, 0.15) is 5.54 Å². The summed E-state index contributed by atoms with van der Waals surface area (Å²) in [6.07, 6.45) is 4.24. The largest absolute Gasteiger partial charge is 0.368 e. The van der Waals surface area contributed by atoms with Crippen LogP contribution in [0.15, 0.2) is 0 Å². The molecule has 0 aromatic rings. The highest BCUT2D eigenvalue weighted by atomic mass is 16.1. The summed E-state index contributed by atoms with van der Waals surface area (Å²) in [6.45, 7) is 5.15. The fraction of sp³-hybridized carbons (Fsp3) is 0.909. The van der Waals surface area contributed by atoms with Gasteiger partial charge in [0.2, 0.25) is 5.91 Å². The fourth-order valence-corrected chi connectivity index (χ4v) is 3.07. The number of carbonyl (C=O) groups is 1. The Morgan fingerprint density at radius 2 is 2.40 bits per heavy atom. The summed E-state index contributed by atoms with van der Waals surface area (Å²) < 4.78 is 0. The predicted molar refractivity (Wildman–Crippen MR) is 59.4 cm³/mol. The van der Waals surface area contributed by atoms with Crippen LogP contribution in [0.2, 0.25) is 0 Å². The van der Waals surface area contributed by atoms with Gasteiger partial charge in [0.15, 0.2) is 0 Å². The van der Waals surface area contributed by atoms with E-state index in [1.807, 2.05) is 0 Å². The summed E-state index contributed by atoms with van der Waals surface area (Å²) in [5.74, 6) is -0.162. The maximum atomic E-state index is 11.7. The first-order chi connectivity index (χ1) is 7.20. The van der Waals surface area contributed by atoms with Crippen LogP contribution >= 0.6 is 0 Å². The number of nitrogens with one attached hydrogen (secondary N) is 1. The molecule has 0 aliphatic carbocycles. The second kappa shape index (κ2) is 4.10. The molecule has 86 valence electrons. The number of nitrogens with two attached hydrogens (primary N) is 1. The smallest absolute Gasteiger partial charge is 0.239 e. The topological polar surface area (TPSA) is 58.4 Å². The minimum Gasteiger partial charge on any atom is -0.368 e. The van der Waals surface area contributed by atoms with Gasteiger partial charge in [0.25, 0.3) is 0 Å². The van der Waals surface area contributed by atoms with E-state index in [2.05, 4.69) is 17.1 Å². The lowest BCUT2D eigenvalue weighted by molar-refractivity contribution is -0.125. The molecule has 2 heterocycles. The van der Waals surface area contributed by atoms with E-state index in [1.165, 1.54) is 6.42 Å². The van der Waals surface area contributed by atoms with Crippen LogP contribution in [0, 0.1) is 0 Å². The van der Waals surface area contributed by atoms with E-state index in [4.69, 9.17) is 5.73 Å². The lowest BCUT2D eigenvalue weighted by atomic mass is 9.87. The zero-order valence-electron chi connectivity index (χ0n) is 9.46. The van der Waals surface area contributed by atoms with Gasteiger partial charge in [-0.1, -0.05) is 6.92 Å². The Bertz CT molecular complexity index is 256. The molecule has 15 heavy (non-hydrogen) atoms. The van der Waals surface area contributed by atoms with Crippen LogP contribution in [0.25, 0.3) is 0 Å².